The molecule has 0 aliphatic carbocycles. The van der Waals surface area contributed by atoms with E-state index >= 15 is 4.39 Å². The molecule has 2 aliphatic heterocycles. The monoisotopic (exact) mass is 806 g/mol. The number of fused-ring (bicyclic) bond motifs is 1. The molecule has 4 heterocycles. The molecule has 0 spiro atoms. The molecule has 52 heavy (non-hydrogen) atoms. The first-order valence-electron chi connectivity index (χ1n) is 14.7. The fourth-order valence-corrected chi connectivity index (χ4v) is 8.14. The molecule has 27 heteroatoms. The molecule has 2 aliphatic rings. The van der Waals surface area contributed by atoms with Gasteiger partial charge in [-0.15, -0.1) is 0 Å². The number of aliphatic hydroxyl groups is 2. The average Bonchev–Trinajstić information content (AvgIpc) is 3.57. The molecule has 2 aromatic heterocycles. The van der Waals surface area contributed by atoms with Crippen LogP contribution in [-0.4, -0.2) is 127 Å². The van der Waals surface area contributed by atoms with Crippen molar-refractivity contribution in [3.8, 4) is 0 Å². The lowest BCUT2D eigenvalue weighted by Gasteiger charge is -2.44. The zero-order chi connectivity index (χ0) is 38.7. The minimum absolute atomic E-state index is 0.0304. The number of carbonyl (C=O) groups excluding carboxylic acids is 4. The summed E-state index contributed by atoms with van der Waals surface area (Å²) in [7, 11) is -5.73. The molecular weight excluding hydrogens is 773 g/mol. The molecule has 23 nitrogen and oxygen atoms in total. The molecule has 12 atom stereocenters. The number of nitrogen functional groups attached to an aromatic ring is 1. The van der Waals surface area contributed by atoms with Crippen LogP contribution in [0.15, 0.2) is 10.9 Å². The van der Waals surface area contributed by atoms with Gasteiger partial charge >= 0.3 is 38.4 Å². The number of carbonyl (C=O) groups is 4. The van der Waals surface area contributed by atoms with Gasteiger partial charge < -0.3 is 63.2 Å². The summed E-state index contributed by atoms with van der Waals surface area (Å²) in [5.41, 5.74) is 5.67. The van der Waals surface area contributed by atoms with Gasteiger partial charge in [-0.05, 0) is 11.8 Å². The molecule has 0 radical (unpaired) electrons. The molecule has 0 saturated carbocycles. The molecule has 2 fully saturated rings. The first-order valence-corrected chi connectivity index (χ1v) is 18.8. The molecular formula is C25H33FN4O19P2S. The van der Waals surface area contributed by atoms with Gasteiger partial charge in [0, 0.05) is 27.7 Å². The zero-order valence-electron chi connectivity index (χ0n) is 27.3. The van der Waals surface area contributed by atoms with E-state index in [4.69, 9.17) is 54.8 Å². The SMILES string of the molecule is CC(=O)OC[C@H](F)C1O[C@@H](OP(=O)(O)OP(O)(=S)OC[C@H]2O[C@@H](c3noc4c(N)ncnc34)C(O)C2O)C(OC(C)=O)C(OC(C)=O)[C@@H]1OC(C)=O. The van der Waals surface area contributed by atoms with Crippen molar-refractivity contribution >= 4 is 67.1 Å². The number of anilines is 1. The van der Waals surface area contributed by atoms with Gasteiger partial charge in [0.05, 0.1) is 6.61 Å². The maximum atomic E-state index is 15.4. The number of alkyl halides is 1. The second-order valence-corrected chi connectivity index (χ2v) is 15.4. The van der Waals surface area contributed by atoms with Crippen molar-refractivity contribution in [3.05, 3.63) is 12.0 Å². The van der Waals surface area contributed by atoms with Crippen molar-refractivity contribution in [2.45, 2.75) is 89.0 Å². The van der Waals surface area contributed by atoms with E-state index in [2.05, 4.69) is 24.2 Å². The topological polar surface area (TPSA) is 327 Å². The fraction of sp³-hybridized carbons (Fsp3) is 0.640. The number of rotatable bonds is 14. The van der Waals surface area contributed by atoms with Crippen molar-refractivity contribution in [1.82, 2.24) is 15.1 Å². The van der Waals surface area contributed by atoms with Crippen molar-refractivity contribution in [2.24, 2.45) is 0 Å². The van der Waals surface area contributed by atoms with Gasteiger partial charge in [-0.25, -0.2) is 23.2 Å². The molecule has 0 bridgehead atoms. The van der Waals surface area contributed by atoms with Crippen LogP contribution < -0.4 is 5.73 Å². The predicted octanol–water partition coefficient (Wildman–Crippen LogP) is -0.850. The normalized spacial score (nSPS) is 30.4. The summed E-state index contributed by atoms with van der Waals surface area (Å²) < 4.78 is 79.4. The largest absolute Gasteiger partial charge is 0.481 e. The molecule has 6 N–H and O–H groups in total. The Morgan fingerprint density at radius 3 is 2.19 bits per heavy atom. The van der Waals surface area contributed by atoms with Crippen LogP contribution in [0.5, 0.6) is 0 Å². The fourth-order valence-electron chi connectivity index (χ4n) is 5.04. The predicted molar refractivity (Wildman–Crippen MR) is 165 cm³/mol. The zero-order valence-corrected chi connectivity index (χ0v) is 29.9. The molecule has 4 rings (SSSR count). The van der Waals surface area contributed by atoms with Crippen LogP contribution in [0.1, 0.15) is 39.5 Å². The van der Waals surface area contributed by atoms with E-state index in [0.717, 1.165) is 34.0 Å². The van der Waals surface area contributed by atoms with Gasteiger partial charge in [-0.2, -0.15) is 0 Å². The number of hydrogen-bond acceptors (Lipinski definition) is 22. The van der Waals surface area contributed by atoms with Gasteiger partial charge in [0.1, 0.15) is 54.7 Å². The van der Waals surface area contributed by atoms with Crippen LogP contribution in [0.3, 0.4) is 0 Å². The quantitative estimate of drug-likeness (QED) is 0.0882. The Bertz CT molecular complexity index is 1750. The van der Waals surface area contributed by atoms with E-state index in [9.17, 15) is 43.7 Å². The number of esters is 4. The maximum absolute atomic E-state index is 15.4. The van der Waals surface area contributed by atoms with Crippen LogP contribution in [0, 0.1) is 0 Å². The Morgan fingerprint density at radius 2 is 1.58 bits per heavy atom. The van der Waals surface area contributed by atoms with Gasteiger partial charge in [0.25, 0.3) is 0 Å². The number of ether oxygens (including phenoxy) is 6. The van der Waals surface area contributed by atoms with Crippen LogP contribution in [0.4, 0.5) is 10.2 Å². The number of aromatic nitrogens is 3. The van der Waals surface area contributed by atoms with E-state index < -0.39 is 113 Å². The number of nitrogens with two attached hydrogens (primary N) is 1. The van der Waals surface area contributed by atoms with Crippen molar-refractivity contribution < 1.29 is 94.4 Å². The van der Waals surface area contributed by atoms with E-state index in [1.54, 1.807) is 0 Å². The van der Waals surface area contributed by atoms with Crippen molar-refractivity contribution in [1.29, 1.82) is 0 Å². The Balaban J connectivity index is 1.52. The van der Waals surface area contributed by atoms with Gasteiger partial charge in [-0.3, -0.25) is 23.7 Å². The molecule has 7 unspecified atom stereocenters. The third-order valence-electron chi connectivity index (χ3n) is 7.03. The molecule has 0 amide bonds. The Hall–Kier alpha value is -3.32. The van der Waals surface area contributed by atoms with Crippen molar-refractivity contribution in [2.75, 3.05) is 18.9 Å². The second-order valence-electron chi connectivity index (χ2n) is 11.0. The highest BCUT2D eigenvalue weighted by atomic mass is 32.5. The molecule has 290 valence electrons. The Labute approximate surface area is 296 Å². The first kappa shape index (κ1) is 41.4. The lowest BCUT2D eigenvalue weighted by atomic mass is 9.95. The van der Waals surface area contributed by atoms with Crippen LogP contribution in [0.25, 0.3) is 11.1 Å². The highest BCUT2D eigenvalue weighted by Crippen LogP contribution is 2.62. The summed E-state index contributed by atoms with van der Waals surface area (Å²) in [6.45, 7) is -3.18. The van der Waals surface area contributed by atoms with E-state index in [1.165, 1.54) is 0 Å². The third kappa shape index (κ3) is 10.2. The van der Waals surface area contributed by atoms with Crippen molar-refractivity contribution in [3.63, 3.8) is 0 Å². The molecule has 2 aromatic rings. The number of nitrogens with zero attached hydrogens (tertiary/aromatic N) is 3. The molecule has 2 saturated heterocycles. The van der Waals surface area contributed by atoms with Crippen LogP contribution in [-0.2, 0) is 77.3 Å². The highest BCUT2D eigenvalue weighted by molar-refractivity contribution is 8.08. The van der Waals surface area contributed by atoms with Crippen LogP contribution >= 0.6 is 14.5 Å². The van der Waals surface area contributed by atoms with Gasteiger partial charge in [0.15, 0.2) is 30.3 Å². The minimum atomic E-state index is -5.73. The number of phosphoric acid groups is 1. The van der Waals surface area contributed by atoms with E-state index in [0.29, 0.717) is 0 Å². The van der Waals surface area contributed by atoms with E-state index in [1.807, 2.05) is 0 Å². The summed E-state index contributed by atoms with van der Waals surface area (Å²) in [6.07, 6.45) is -18.0. The summed E-state index contributed by atoms with van der Waals surface area (Å²) in [4.78, 5) is 76.3. The minimum Gasteiger partial charge on any atom is -0.463 e. The number of hydrogen-bond donors (Lipinski definition) is 5. The number of aliphatic hydroxyl groups excluding tert-OH is 2. The third-order valence-corrected chi connectivity index (χ3v) is 10.5. The number of phosphoric ester groups is 1. The highest BCUT2D eigenvalue weighted by Gasteiger charge is 2.57. The lowest BCUT2D eigenvalue weighted by Crippen LogP contribution is -2.64. The second kappa shape index (κ2) is 16.8. The first-order chi connectivity index (χ1) is 24.2. The van der Waals surface area contributed by atoms with Gasteiger partial charge in [0.2, 0.25) is 11.9 Å². The molecule has 0 aromatic carbocycles. The van der Waals surface area contributed by atoms with Crippen LogP contribution in [0.2, 0.25) is 0 Å². The average molecular weight is 807 g/mol. The lowest BCUT2D eigenvalue weighted by molar-refractivity contribution is -0.296. The summed E-state index contributed by atoms with van der Waals surface area (Å²) in [5, 5.41) is 24.9. The Morgan fingerprint density at radius 1 is 0.962 bits per heavy atom. The number of halogens is 1. The van der Waals surface area contributed by atoms with E-state index in [-0.39, 0.29) is 22.6 Å². The Kier molecular flexibility index (Phi) is 13.4. The smallest absolute Gasteiger partial charge is 0.463 e. The maximum Gasteiger partial charge on any atom is 0.481 e. The summed E-state index contributed by atoms with van der Waals surface area (Å²) >= 11 is 4.81. The summed E-state index contributed by atoms with van der Waals surface area (Å²) in [6, 6.07) is 0. The summed E-state index contributed by atoms with van der Waals surface area (Å²) in [5.74, 6) is -4.27. The standard InChI is InChI=1S/C25H33FN4O19P2S/c1-8(31)40-5-12(26)18-21(42-9(2)32)22(43-10(3)33)23(44-11(4)34)25(46-18)48-50(37,38)49-51(39,52)41-6-13-16(35)17(36)19(45-13)15-14-20(47-30-15)24(27)29-7-28-14/h7,12-13,16-19,21-23,25,35-36H,5-6H2,1-4H3,(H,37,38)(H,39,52)(H2,27,28,29)/t12-,13+,16?,17?,18?,19-,21+,22?,23?,25-,51?/m0/s1. The van der Waals surface area contributed by atoms with Gasteiger partial charge in [-0.1, -0.05) is 5.16 Å².